The summed E-state index contributed by atoms with van der Waals surface area (Å²) in [5, 5.41) is 5.88. The Bertz CT molecular complexity index is 1180. The Morgan fingerprint density at radius 2 is 1.88 bits per heavy atom. The van der Waals surface area contributed by atoms with Crippen LogP contribution < -0.4 is 5.32 Å². The average Bonchev–Trinajstić information content (AvgIpc) is 3.51. The van der Waals surface area contributed by atoms with Gasteiger partial charge in [0.2, 0.25) is 15.9 Å². The topological polar surface area (TPSA) is 79.4 Å². The maximum atomic E-state index is 13.2. The van der Waals surface area contributed by atoms with E-state index in [1.165, 1.54) is 4.31 Å². The van der Waals surface area contributed by atoms with Crippen molar-refractivity contribution in [1.29, 1.82) is 0 Å². The van der Waals surface area contributed by atoms with E-state index in [4.69, 9.17) is 0 Å². The van der Waals surface area contributed by atoms with E-state index in [9.17, 15) is 13.2 Å². The second kappa shape index (κ2) is 10.6. The molecule has 3 aromatic rings. The van der Waals surface area contributed by atoms with Crippen molar-refractivity contribution in [1.82, 2.24) is 14.6 Å². The Kier molecular flexibility index (Phi) is 7.57. The van der Waals surface area contributed by atoms with Crippen LogP contribution in [0, 0.1) is 0 Å². The molecule has 0 bridgehead atoms. The summed E-state index contributed by atoms with van der Waals surface area (Å²) < 4.78 is 27.7. The number of aromatic nitrogens is 1. The van der Waals surface area contributed by atoms with Crippen LogP contribution >= 0.6 is 11.3 Å². The predicted octanol–water partition coefficient (Wildman–Crippen LogP) is 4.27. The first-order chi connectivity index (χ1) is 16.0. The van der Waals surface area contributed by atoms with Crippen molar-refractivity contribution in [2.75, 3.05) is 13.1 Å². The third-order valence-electron chi connectivity index (χ3n) is 5.83. The molecule has 0 radical (unpaired) electrons. The molecule has 1 amide bonds. The van der Waals surface area contributed by atoms with Crippen LogP contribution in [0.15, 0.2) is 64.9 Å². The summed E-state index contributed by atoms with van der Waals surface area (Å²) in [7, 11) is -3.71. The third-order valence-corrected chi connectivity index (χ3v) is 8.69. The minimum atomic E-state index is -3.71. The first kappa shape index (κ1) is 23.6. The van der Waals surface area contributed by atoms with E-state index in [0.29, 0.717) is 32.4 Å². The van der Waals surface area contributed by atoms with Gasteiger partial charge in [-0.2, -0.15) is 4.31 Å². The van der Waals surface area contributed by atoms with Gasteiger partial charge < -0.3 is 5.32 Å². The molecule has 1 unspecified atom stereocenters. The van der Waals surface area contributed by atoms with Crippen LogP contribution in [0.5, 0.6) is 0 Å². The number of nitrogens with one attached hydrogen (secondary N) is 1. The van der Waals surface area contributed by atoms with Gasteiger partial charge in [0.1, 0.15) is 11.0 Å². The molecule has 4 rings (SSSR count). The van der Waals surface area contributed by atoms with Crippen molar-refractivity contribution in [2.24, 2.45) is 0 Å². The van der Waals surface area contributed by atoms with Crippen molar-refractivity contribution >= 4 is 27.3 Å². The van der Waals surface area contributed by atoms with Crippen molar-refractivity contribution in [2.45, 2.75) is 50.0 Å². The van der Waals surface area contributed by atoms with Crippen LogP contribution in [0.3, 0.4) is 0 Å². The number of benzene rings is 2. The Labute approximate surface area is 199 Å². The molecule has 2 aromatic carbocycles. The fourth-order valence-electron chi connectivity index (χ4n) is 4.11. The molecule has 1 aliphatic heterocycles. The number of hydrogen-bond donors (Lipinski definition) is 1. The number of rotatable bonds is 9. The summed E-state index contributed by atoms with van der Waals surface area (Å²) in [6.45, 7) is 2.88. The summed E-state index contributed by atoms with van der Waals surface area (Å²) in [5.74, 6) is -0.239. The monoisotopic (exact) mass is 483 g/mol. The Hall–Kier alpha value is -2.55. The highest BCUT2D eigenvalue weighted by atomic mass is 32.2. The second-order valence-electron chi connectivity index (χ2n) is 8.22. The number of amides is 1. The number of thiazole rings is 1. The molecule has 1 fully saturated rings. The van der Waals surface area contributed by atoms with Gasteiger partial charge in [-0.15, -0.1) is 11.3 Å². The third kappa shape index (κ3) is 5.51. The predicted molar refractivity (Wildman–Crippen MR) is 132 cm³/mol. The van der Waals surface area contributed by atoms with Gasteiger partial charge in [-0.05, 0) is 37.0 Å². The first-order valence-corrected chi connectivity index (χ1v) is 13.7. The maximum Gasteiger partial charge on any atom is 0.243 e. The lowest BCUT2D eigenvalue weighted by Crippen LogP contribution is -2.46. The van der Waals surface area contributed by atoms with Gasteiger partial charge in [-0.1, -0.05) is 55.8 Å². The van der Waals surface area contributed by atoms with E-state index in [2.05, 4.69) is 17.2 Å². The standard InChI is InChI=1S/C25H29N3O3S2/c1-2-7-19-11-13-22(14-12-19)33(30,31)28-17-6-10-23(28)24(29)26-16-15-21-18-32-25(27-21)20-8-4-3-5-9-20/h3-5,8-9,11-14,18,23H,2,6-7,10,15-17H2,1H3,(H,26,29). The number of carbonyl (C=O) groups excluding carboxylic acids is 1. The summed E-state index contributed by atoms with van der Waals surface area (Å²) in [6.07, 6.45) is 3.74. The minimum absolute atomic E-state index is 0.239. The number of carbonyl (C=O) groups is 1. The SMILES string of the molecule is CCCc1ccc(S(=O)(=O)N2CCCC2C(=O)NCCc2csc(-c3ccccc3)n2)cc1. The number of hydrogen-bond acceptors (Lipinski definition) is 5. The van der Waals surface area contributed by atoms with E-state index < -0.39 is 16.1 Å². The van der Waals surface area contributed by atoms with Gasteiger partial charge in [0.05, 0.1) is 10.6 Å². The van der Waals surface area contributed by atoms with Crippen LogP contribution in [-0.4, -0.2) is 42.7 Å². The zero-order valence-corrected chi connectivity index (χ0v) is 20.4. The van der Waals surface area contributed by atoms with Gasteiger partial charge >= 0.3 is 0 Å². The molecule has 0 spiro atoms. The number of aryl methyl sites for hydroxylation is 1. The highest BCUT2D eigenvalue weighted by Gasteiger charge is 2.39. The van der Waals surface area contributed by atoms with Gasteiger partial charge in [-0.3, -0.25) is 4.79 Å². The summed E-state index contributed by atoms with van der Waals surface area (Å²) in [5.41, 5.74) is 3.11. The van der Waals surface area contributed by atoms with E-state index in [-0.39, 0.29) is 10.8 Å². The lowest BCUT2D eigenvalue weighted by Gasteiger charge is -2.23. The molecule has 2 heterocycles. The molecule has 1 saturated heterocycles. The van der Waals surface area contributed by atoms with E-state index in [0.717, 1.165) is 34.7 Å². The van der Waals surface area contributed by atoms with Crippen molar-refractivity contribution in [3.8, 4) is 10.6 Å². The molecular formula is C25H29N3O3S2. The summed E-state index contributed by atoms with van der Waals surface area (Å²) >= 11 is 1.58. The van der Waals surface area contributed by atoms with Crippen LogP contribution in [0.1, 0.15) is 37.4 Å². The van der Waals surface area contributed by atoms with Crippen molar-refractivity contribution in [3.63, 3.8) is 0 Å². The number of nitrogens with zero attached hydrogens (tertiary/aromatic N) is 2. The fourth-order valence-corrected chi connectivity index (χ4v) is 6.63. The summed E-state index contributed by atoms with van der Waals surface area (Å²) in [6, 6.07) is 16.4. The van der Waals surface area contributed by atoms with Gasteiger partial charge in [0, 0.05) is 30.5 Å². The molecular weight excluding hydrogens is 454 g/mol. The number of sulfonamides is 1. The Balaban J connectivity index is 1.35. The van der Waals surface area contributed by atoms with Gasteiger partial charge in [0.15, 0.2) is 0 Å². The van der Waals surface area contributed by atoms with Crippen LogP contribution in [0.25, 0.3) is 10.6 Å². The molecule has 0 aliphatic carbocycles. The lowest BCUT2D eigenvalue weighted by molar-refractivity contribution is -0.124. The molecule has 1 atom stereocenters. The summed E-state index contributed by atoms with van der Waals surface area (Å²) in [4.78, 5) is 17.8. The molecule has 6 nitrogen and oxygen atoms in total. The molecule has 1 aliphatic rings. The van der Waals surface area contributed by atoms with Crippen LogP contribution in [0.4, 0.5) is 0 Å². The Morgan fingerprint density at radius 3 is 2.61 bits per heavy atom. The van der Waals surface area contributed by atoms with Crippen molar-refractivity contribution < 1.29 is 13.2 Å². The molecule has 1 aromatic heterocycles. The normalized spacial score (nSPS) is 16.7. The van der Waals surface area contributed by atoms with E-state index in [1.54, 1.807) is 23.5 Å². The highest BCUT2D eigenvalue weighted by molar-refractivity contribution is 7.89. The lowest BCUT2D eigenvalue weighted by atomic mass is 10.1. The largest absolute Gasteiger partial charge is 0.354 e. The molecule has 174 valence electrons. The smallest absolute Gasteiger partial charge is 0.243 e. The van der Waals surface area contributed by atoms with E-state index in [1.807, 2.05) is 47.8 Å². The van der Waals surface area contributed by atoms with Gasteiger partial charge in [0.25, 0.3) is 0 Å². The van der Waals surface area contributed by atoms with Crippen LogP contribution in [0.2, 0.25) is 0 Å². The van der Waals surface area contributed by atoms with Gasteiger partial charge in [-0.25, -0.2) is 13.4 Å². The average molecular weight is 484 g/mol. The fraction of sp³-hybridized carbons (Fsp3) is 0.360. The van der Waals surface area contributed by atoms with Crippen molar-refractivity contribution in [3.05, 3.63) is 71.2 Å². The minimum Gasteiger partial charge on any atom is -0.354 e. The molecule has 8 heteroatoms. The molecule has 1 N–H and O–H groups in total. The highest BCUT2D eigenvalue weighted by Crippen LogP contribution is 2.27. The second-order valence-corrected chi connectivity index (χ2v) is 11.0. The zero-order valence-electron chi connectivity index (χ0n) is 18.7. The molecule has 33 heavy (non-hydrogen) atoms. The molecule has 0 saturated carbocycles. The van der Waals surface area contributed by atoms with E-state index >= 15 is 0 Å². The quantitative estimate of drug-likeness (QED) is 0.493. The first-order valence-electron chi connectivity index (χ1n) is 11.4. The van der Waals surface area contributed by atoms with Crippen LogP contribution in [-0.2, 0) is 27.7 Å². The zero-order chi connectivity index (χ0) is 23.3. The Morgan fingerprint density at radius 1 is 1.12 bits per heavy atom. The maximum absolute atomic E-state index is 13.2.